The van der Waals surface area contributed by atoms with Crippen LogP contribution in [0, 0.1) is 10.1 Å². The molecule has 0 aliphatic rings. The molecule has 0 saturated carbocycles. The summed E-state index contributed by atoms with van der Waals surface area (Å²) in [7, 11) is 0. The van der Waals surface area contributed by atoms with Crippen molar-refractivity contribution in [2.45, 2.75) is 0 Å². The number of hydrogen-bond donors (Lipinski definition) is 0. The number of halogens is 1. The Bertz CT molecular complexity index is 274. The van der Waals surface area contributed by atoms with Crippen molar-refractivity contribution in [2.75, 3.05) is 0 Å². The number of nitro groups is 1. The number of para-hydroxylation sites is 2. The van der Waals surface area contributed by atoms with E-state index in [9.17, 15) is 15.2 Å². The molecular formula is C6H4ClNNa2O4. The fraction of sp³-hybridized carbons (Fsp3) is 0. The van der Waals surface area contributed by atoms with Gasteiger partial charge >= 0.3 is 59.1 Å². The van der Waals surface area contributed by atoms with Crippen LogP contribution in [0.4, 0.5) is 5.69 Å². The van der Waals surface area contributed by atoms with Gasteiger partial charge in [-0.1, -0.05) is 18.2 Å². The second kappa shape index (κ2) is 11.7. The Labute approximate surface area is 130 Å². The Morgan fingerprint density at radius 2 is 1.57 bits per heavy atom. The predicted octanol–water partition coefficient (Wildman–Crippen LogP) is -5.82. The van der Waals surface area contributed by atoms with E-state index in [-0.39, 0.29) is 64.8 Å². The van der Waals surface area contributed by atoms with E-state index < -0.39 is 10.7 Å². The quantitative estimate of drug-likeness (QED) is 0.276. The average Bonchev–Trinajstić information content (AvgIpc) is 2.08. The standard InChI is InChI=1S/C6H5NO3.ClO.2Na/c8-6-4-2-1-3-5(6)7(9)10;1-2;;/h1-4,8H;;;/q;-1;2*+1/p-1. The molecule has 1 aromatic rings. The summed E-state index contributed by atoms with van der Waals surface area (Å²) in [6, 6.07) is 5.27. The van der Waals surface area contributed by atoms with Gasteiger partial charge in [-0.05, 0) is 5.75 Å². The minimum absolute atomic E-state index is 0. The molecule has 0 spiro atoms. The number of hydrogen-bond acceptors (Lipinski definition) is 4. The van der Waals surface area contributed by atoms with Crippen LogP contribution in [0.3, 0.4) is 0 Å². The maximum atomic E-state index is 10.6. The molecule has 0 atom stereocenters. The summed E-state index contributed by atoms with van der Waals surface area (Å²) in [5.74, 6) is -0.549. The van der Waals surface area contributed by atoms with Crippen molar-refractivity contribution in [3.8, 4) is 5.75 Å². The van der Waals surface area contributed by atoms with E-state index in [4.69, 9.17) is 4.66 Å². The van der Waals surface area contributed by atoms with Crippen molar-refractivity contribution in [3.05, 3.63) is 34.4 Å². The van der Waals surface area contributed by atoms with Crippen LogP contribution in [-0.2, 0) is 0 Å². The Morgan fingerprint density at radius 1 is 1.14 bits per heavy atom. The van der Waals surface area contributed by atoms with E-state index in [1.165, 1.54) is 18.2 Å². The van der Waals surface area contributed by atoms with Gasteiger partial charge in [0.25, 0.3) is 5.69 Å². The van der Waals surface area contributed by atoms with Crippen LogP contribution in [0.5, 0.6) is 5.75 Å². The molecule has 0 unspecified atom stereocenters. The molecule has 0 N–H and O–H groups in total. The predicted molar refractivity (Wildman–Crippen MR) is 38.4 cm³/mol. The smallest absolute Gasteiger partial charge is 0.868 e. The van der Waals surface area contributed by atoms with Crippen LogP contribution >= 0.6 is 11.9 Å². The SMILES string of the molecule is O=[N+]([O-])c1ccccc1[O-].[Na+].[Na+].[O-]Cl. The molecule has 14 heavy (non-hydrogen) atoms. The van der Waals surface area contributed by atoms with Crippen molar-refractivity contribution in [2.24, 2.45) is 0 Å². The van der Waals surface area contributed by atoms with Gasteiger partial charge in [-0.15, -0.1) is 0 Å². The van der Waals surface area contributed by atoms with Gasteiger partial charge in [-0.2, -0.15) is 0 Å². The monoisotopic (exact) mass is 235 g/mol. The summed E-state index contributed by atoms with van der Waals surface area (Å²) in [6.07, 6.45) is 0. The minimum atomic E-state index is -0.692. The van der Waals surface area contributed by atoms with Crippen LogP contribution in [-0.4, -0.2) is 4.92 Å². The minimum Gasteiger partial charge on any atom is -0.868 e. The average molecular weight is 236 g/mol. The number of rotatable bonds is 1. The van der Waals surface area contributed by atoms with Gasteiger partial charge < -0.3 is 9.77 Å². The number of nitro benzene ring substituents is 1. The van der Waals surface area contributed by atoms with Crippen LogP contribution in [0.25, 0.3) is 0 Å². The zero-order chi connectivity index (χ0) is 9.56. The molecule has 0 aromatic heterocycles. The Kier molecular flexibility index (Phi) is 16.9. The molecule has 0 heterocycles. The van der Waals surface area contributed by atoms with Gasteiger partial charge in [-0.25, -0.2) is 11.9 Å². The third-order valence-corrected chi connectivity index (χ3v) is 1.06. The van der Waals surface area contributed by atoms with Crippen LogP contribution in [0.15, 0.2) is 24.3 Å². The zero-order valence-electron chi connectivity index (χ0n) is 7.77. The number of benzene rings is 1. The van der Waals surface area contributed by atoms with Crippen molar-refractivity contribution in [1.82, 2.24) is 0 Å². The molecule has 66 valence electrons. The summed E-state index contributed by atoms with van der Waals surface area (Å²) < 4.78 is 7.72. The summed E-state index contributed by atoms with van der Waals surface area (Å²) in [5.41, 5.74) is -0.373. The number of nitrogens with zero attached hydrogens (tertiary/aromatic N) is 1. The normalized spacial score (nSPS) is 7.00. The third kappa shape index (κ3) is 7.03. The first-order valence-corrected chi connectivity index (χ1v) is 3.08. The summed E-state index contributed by atoms with van der Waals surface area (Å²) in [6.45, 7) is 0. The van der Waals surface area contributed by atoms with Gasteiger partial charge in [0, 0.05) is 6.07 Å². The molecule has 5 nitrogen and oxygen atoms in total. The molecular weight excluding hydrogens is 232 g/mol. The van der Waals surface area contributed by atoms with Crippen molar-refractivity contribution >= 4 is 17.6 Å². The fourth-order valence-electron chi connectivity index (χ4n) is 0.608. The van der Waals surface area contributed by atoms with E-state index in [0.29, 0.717) is 0 Å². The van der Waals surface area contributed by atoms with E-state index >= 15 is 0 Å². The molecule has 0 bridgehead atoms. The molecule has 0 saturated heterocycles. The molecule has 8 heteroatoms. The van der Waals surface area contributed by atoms with Crippen molar-refractivity contribution in [1.29, 1.82) is 0 Å². The van der Waals surface area contributed by atoms with Crippen LogP contribution in [0.2, 0.25) is 0 Å². The second-order valence-corrected chi connectivity index (χ2v) is 1.72. The van der Waals surface area contributed by atoms with Gasteiger partial charge in [-0.3, -0.25) is 10.1 Å². The Morgan fingerprint density at radius 3 is 1.86 bits per heavy atom. The topological polar surface area (TPSA) is 89.3 Å². The molecule has 0 aliphatic carbocycles. The van der Waals surface area contributed by atoms with E-state index in [1.807, 2.05) is 0 Å². The van der Waals surface area contributed by atoms with Crippen LogP contribution < -0.4 is 68.9 Å². The van der Waals surface area contributed by atoms with Crippen molar-refractivity contribution in [3.63, 3.8) is 0 Å². The van der Waals surface area contributed by atoms with Gasteiger partial charge in [0.2, 0.25) is 0 Å². The first-order chi connectivity index (χ1) is 5.72. The largest absolute Gasteiger partial charge is 1.00 e. The molecule has 1 rings (SSSR count). The third-order valence-electron chi connectivity index (χ3n) is 1.06. The second-order valence-electron chi connectivity index (χ2n) is 1.72. The molecule has 0 fully saturated rings. The van der Waals surface area contributed by atoms with E-state index in [1.54, 1.807) is 0 Å². The summed E-state index contributed by atoms with van der Waals surface area (Å²) >= 11 is 3.39. The van der Waals surface area contributed by atoms with E-state index in [0.717, 1.165) is 6.07 Å². The molecule has 1 aromatic carbocycles. The maximum Gasteiger partial charge on any atom is 1.00 e. The zero-order valence-corrected chi connectivity index (χ0v) is 12.5. The Hall–Kier alpha value is 0.670. The van der Waals surface area contributed by atoms with Gasteiger partial charge in [0.15, 0.2) is 0 Å². The van der Waals surface area contributed by atoms with Gasteiger partial charge in [0.1, 0.15) is 0 Å². The molecule has 0 amide bonds. The maximum absolute atomic E-state index is 10.6. The van der Waals surface area contributed by atoms with Gasteiger partial charge in [0.05, 0.1) is 4.92 Å². The molecule has 0 aliphatic heterocycles. The molecule has 0 radical (unpaired) electrons. The van der Waals surface area contributed by atoms with Crippen molar-refractivity contribution < 1.29 is 73.8 Å². The summed E-state index contributed by atoms with van der Waals surface area (Å²) in [5, 5.41) is 20.6. The first kappa shape index (κ1) is 20.1. The van der Waals surface area contributed by atoms with Crippen LogP contribution in [0.1, 0.15) is 0 Å². The summed E-state index contributed by atoms with van der Waals surface area (Å²) in [4.78, 5) is 9.34. The Balaban J connectivity index is -0.000000284. The first-order valence-electron chi connectivity index (χ1n) is 2.77. The van der Waals surface area contributed by atoms with E-state index in [2.05, 4.69) is 11.9 Å². The fourth-order valence-corrected chi connectivity index (χ4v) is 0.608.